The Labute approximate surface area is 218 Å². The summed E-state index contributed by atoms with van der Waals surface area (Å²) in [7, 11) is 0. The fourth-order valence-corrected chi connectivity index (χ4v) is 4.81. The van der Waals surface area contributed by atoms with Gasteiger partial charge in [-0.25, -0.2) is 9.37 Å². The molecular weight excluding hydrogens is 467 g/mol. The van der Waals surface area contributed by atoms with Gasteiger partial charge in [-0.2, -0.15) is 0 Å². The number of aryl methyl sites for hydroxylation is 1. The highest BCUT2D eigenvalue weighted by atomic mass is 19.1. The van der Waals surface area contributed by atoms with Gasteiger partial charge in [0, 0.05) is 36.3 Å². The molecule has 0 radical (unpaired) electrons. The molecule has 0 saturated carbocycles. The number of hydrogen-bond donors (Lipinski definition) is 1. The lowest BCUT2D eigenvalue weighted by atomic mass is 9.82. The van der Waals surface area contributed by atoms with Crippen molar-refractivity contribution < 1.29 is 19.0 Å². The summed E-state index contributed by atoms with van der Waals surface area (Å²) in [4.78, 5) is 18.7. The number of halogens is 1. The fourth-order valence-electron chi connectivity index (χ4n) is 4.81. The molecule has 0 aliphatic carbocycles. The first-order valence-electron chi connectivity index (χ1n) is 12.6. The van der Waals surface area contributed by atoms with Gasteiger partial charge in [-0.3, -0.25) is 4.79 Å². The molecule has 0 amide bonds. The van der Waals surface area contributed by atoms with Crippen molar-refractivity contribution in [2.45, 2.75) is 46.5 Å². The SMILES string of the molecule is C#Cc1nc(C)c(CC(=O)O)c(N2CCC(C)(C)CC2)c1-c1ccc(OCCc2ccc(F)cc2)cc1. The highest BCUT2D eigenvalue weighted by Crippen LogP contribution is 2.41. The number of carboxylic acid groups (broad SMARTS) is 1. The third-order valence-corrected chi connectivity index (χ3v) is 7.09. The number of piperidine rings is 1. The highest BCUT2D eigenvalue weighted by molar-refractivity contribution is 5.88. The summed E-state index contributed by atoms with van der Waals surface area (Å²) in [6.07, 6.45) is 8.48. The van der Waals surface area contributed by atoms with Crippen LogP contribution in [0.5, 0.6) is 5.75 Å². The molecule has 1 aliphatic heterocycles. The predicted octanol–water partition coefficient (Wildman–Crippen LogP) is 6.05. The van der Waals surface area contributed by atoms with Crippen LogP contribution < -0.4 is 9.64 Å². The maximum absolute atomic E-state index is 13.1. The van der Waals surface area contributed by atoms with Crippen molar-refractivity contribution in [3.05, 3.63) is 76.9 Å². The van der Waals surface area contributed by atoms with Gasteiger partial charge in [0.15, 0.2) is 0 Å². The van der Waals surface area contributed by atoms with E-state index in [-0.39, 0.29) is 17.7 Å². The molecule has 1 aromatic heterocycles. The van der Waals surface area contributed by atoms with Crippen LogP contribution in [0.2, 0.25) is 0 Å². The van der Waals surface area contributed by atoms with Crippen LogP contribution in [0.4, 0.5) is 10.1 Å². The van der Waals surface area contributed by atoms with Crippen LogP contribution in [0.3, 0.4) is 0 Å². The molecule has 4 rings (SSSR count). The van der Waals surface area contributed by atoms with Gasteiger partial charge in [-0.05, 0) is 66.5 Å². The maximum atomic E-state index is 13.1. The second kappa shape index (κ2) is 11.0. The number of ether oxygens (including phenoxy) is 1. The van der Waals surface area contributed by atoms with E-state index in [1.165, 1.54) is 12.1 Å². The molecule has 0 atom stereocenters. The summed E-state index contributed by atoms with van der Waals surface area (Å²) in [6.45, 7) is 8.48. The molecule has 0 spiro atoms. The van der Waals surface area contributed by atoms with Crippen molar-refractivity contribution in [2.24, 2.45) is 5.41 Å². The van der Waals surface area contributed by atoms with Crippen LogP contribution in [-0.2, 0) is 17.6 Å². The normalized spacial score (nSPS) is 14.7. The molecule has 1 saturated heterocycles. The summed E-state index contributed by atoms with van der Waals surface area (Å²) >= 11 is 0. The summed E-state index contributed by atoms with van der Waals surface area (Å²) in [5.74, 6) is 2.30. The van der Waals surface area contributed by atoms with E-state index in [1.807, 2.05) is 31.2 Å². The monoisotopic (exact) mass is 500 g/mol. The molecule has 1 N–H and O–H groups in total. The average molecular weight is 501 g/mol. The number of rotatable bonds is 8. The van der Waals surface area contributed by atoms with E-state index in [0.717, 1.165) is 48.3 Å². The molecule has 1 aliphatic rings. The van der Waals surface area contributed by atoms with Gasteiger partial charge in [0.25, 0.3) is 0 Å². The minimum Gasteiger partial charge on any atom is -0.493 e. The second-order valence-corrected chi connectivity index (χ2v) is 10.4. The third-order valence-electron chi connectivity index (χ3n) is 7.09. The third kappa shape index (κ3) is 6.29. The zero-order chi connectivity index (χ0) is 26.6. The Kier molecular flexibility index (Phi) is 7.83. The number of aliphatic carboxylic acids is 1. The van der Waals surface area contributed by atoms with Crippen LogP contribution in [0.15, 0.2) is 48.5 Å². The first kappa shape index (κ1) is 26.2. The van der Waals surface area contributed by atoms with E-state index >= 15 is 0 Å². The Morgan fingerprint density at radius 3 is 2.38 bits per heavy atom. The first-order chi connectivity index (χ1) is 17.7. The smallest absolute Gasteiger partial charge is 0.307 e. The Morgan fingerprint density at radius 2 is 1.78 bits per heavy atom. The van der Waals surface area contributed by atoms with Crippen LogP contribution in [0, 0.1) is 30.5 Å². The summed E-state index contributed by atoms with van der Waals surface area (Å²) in [6, 6.07) is 14.1. The predicted molar refractivity (Wildman–Crippen MR) is 145 cm³/mol. The van der Waals surface area contributed by atoms with Gasteiger partial charge in [-0.15, -0.1) is 6.42 Å². The number of carboxylic acids is 1. The number of nitrogens with zero attached hydrogens (tertiary/aromatic N) is 2. The van der Waals surface area contributed by atoms with Crippen molar-refractivity contribution in [3.63, 3.8) is 0 Å². The van der Waals surface area contributed by atoms with Gasteiger partial charge >= 0.3 is 5.97 Å². The topological polar surface area (TPSA) is 62.7 Å². The molecule has 0 unspecified atom stereocenters. The van der Waals surface area contributed by atoms with Crippen LogP contribution >= 0.6 is 0 Å². The minimum absolute atomic E-state index is 0.115. The summed E-state index contributed by atoms with van der Waals surface area (Å²) in [5, 5.41) is 9.68. The molecule has 2 heterocycles. The maximum Gasteiger partial charge on any atom is 0.307 e. The number of carbonyl (C=O) groups is 1. The Morgan fingerprint density at radius 1 is 1.14 bits per heavy atom. The largest absolute Gasteiger partial charge is 0.493 e. The van der Waals surface area contributed by atoms with Gasteiger partial charge < -0.3 is 14.7 Å². The molecular formula is C31H33FN2O3. The number of anilines is 1. The summed E-state index contributed by atoms with van der Waals surface area (Å²) < 4.78 is 19.0. The minimum atomic E-state index is -0.896. The van der Waals surface area contributed by atoms with Gasteiger partial charge in [0.1, 0.15) is 17.3 Å². The Bertz CT molecular complexity index is 1300. The lowest BCUT2D eigenvalue weighted by Crippen LogP contribution is -2.38. The lowest BCUT2D eigenvalue weighted by molar-refractivity contribution is -0.136. The van der Waals surface area contributed by atoms with Crippen molar-refractivity contribution in [3.8, 4) is 29.2 Å². The van der Waals surface area contributed by atoms with Crippen LogP contribution in [-0.4, -0.2) is 35.8 Å². The van der Waals surface area contributed by atoms with Gasteiger partial charge in [-0.1, -0.05) is 38.1 Å². The molecule has 2 aromatic carbocycles. The average Bonchev–Trinajstić information content (AvgIpc) is 2.86. The second-order valence-electron chi connectivity index (χ2n) is 10.4. The highest BCUT2D eigenvalue weighted by Gasteiger charge is 2.30. The van der Waals surface area contributed by atoms with Crippen molar-refractivity contribution in [2.75, 3.05) is 24.6 Å². The van der Waals surface area contributed by atoms with E-state index in [4.69, 9.17) is 11.2 Å². The van der Waals surface area contributed by atoms with E-state index in [1.54, 1.807) is 12.1 Å². The molecule has 6 heteroatoms. The first-order valence-corrected chi connectivity index (χ1v) is 12.6. The fraction of sp³-hybridized carbons (Fsp3) is 0.355. The Balaban J connectivity index is 1.65. The number of terminal acetylenes is 1. The standard InChI is InChI=1S/C31H33FN2O3/c1-5-27-29(23-8-12-25(13-9-23)37-19-14-22-6-10-24(32)11-7-22)30(26(20-28(35)36)21(2)33-27)34-17-15-31(3,4)16-18-34/h1,6-13H,14-20H2,2-4H3,(H,35,36). The van der Waals surface area contributed by atoms with Crippen molar-refractivity contribution in [1.82, 2.24) is 4.98 Å². The Hall–Kier alpha value is -3.85. The molecule has 192 valence electrons. The summed E-state index contributed by atoms with van der Waals surface area (Å²) in [5.41, 5.74) is 5.66. The molecule has 3 aromatic rings. The number of aromatic nitrogens is 1. The van der Waals surface area contributed by atoms with Crippen molar-refractivity contribution in [1.29, 1.82) is 0 Å². The molecule has 1 fully saturated rings. The molecule has 5 nitrogen and oxygen atoms in total. The van der Waals surface area contributed by atoms with Crippen molar-refractivity contribution >= 4 is 11.7 Å². The molecule has 0 bridgehead atoms. The number of benzene rings is 2. The zero-order valence-corrected chi connectivity index (χ0v) is 21.7. The van der Waals surface area contributed by atoms with Crippen LogP contribution in [0.1, 0.15) is 49.2 Å². The zero-order valence-electron chi connectivity index (χ0n) is 21.7. The number of hydrogen-bond acceptors (Lipinski definition) is 4. The molecule has 37 heavy (non-hydrogen) atoms. The van der Waals surface area contributed by atoms with Crippen LogP contribution in [0.25, 0.3) is 11.1 Å². The van der Waals surface area contributed by atoms with Gasteiger partial charge in [0.2, 0.25) is 0 Å². The van der Waals surface area contributed by atoms with E-state index in [2.05, 4.69) is 29.7 Å². The number of pyridine rings is 1. The lowest BCUT2D eigenvalue weighted by Gasteiger charge is -2.40. The quantitative estimate of drug-likeness (QED) is 0.382. The van der Waals surface area contributed by atoms with E-state index in [9.17, 15) is 14.3 Å². The van der Waals surface area contributed by atoms with E-state index in [0.29, 0.717) is 35.7 Å². The van der Waals surface area contributed by atoms with E-state index < -0.39 is 5.97 Å². The van der Waals surface area contributed by atoms with Gasteiger partial charge in [0.05, 0.1) is 18.7 Å².